The smallest absolute Gasteiger partial charge is 0.244 e. The Hall–Kier alpha value is -2.25. The fourth-order valence-corrected chi connectivity index (χ4v) is 4.32. The predicted octanol–water partition coefficient (Wildman–Crippen LogP) is 3.08. The minimum Gasteiger partial charge on any atom is -0.358 e. The number of piperazine rings is 1. The van der Waals surface area contributed by atoms with Crippen LogP contribution in [-0.4, -0.2) is 64.1 Å². The summed E-state index contributed by atoms with van der Waals surface area (Å²) in [6.45, 7) is 15.4. The van der Waals surface area contributed by atoms with Gasteiger partial charge in [-0.05, 0) is 36.4 Å². The Balaban J connectivity index is 1.65. The van der Waals surface area contributed by atoms with E-state index in [1.54, 1.807) is 0 Å². The average molecular weight is 425 g/mol. The van der Waals surface area contributed by atoms with Crippen LogP contribution in [-0.2, 0) is 11.3 Å². The van der Waals surface area contributed by atoms with Gasteiger partial charge >= 0.3 is 0 Å². The van der Waals surface area contributed by atoms with Gasteiger partial charge in [0, 0.05) is 25.0 Å². The molecule has 2 N–H and O–H groups in total. The maximum atomic E-state index is 13.3. The minimum absolute atomic E-state index is 0.0359. The first-order chi connectivity index (χ1) is 14.7. The van der Waals surface area contributed by atoms with Crippen LogP contribution in [0.15, 0.2) is 24.3 Å². The first-order valence-corrected chi connectivity index (χ1v) is 11.5. The van der Waals surface area contributed by atoms with Gasteiger partial charge in [0.15, 0.2) is 0 Å². The van der Waals surface area contributed by atoms with Crippen molar-refractivity contribution in [3.05, 3.63) is 30.1 Å². The number of para-hydroxylation sites is 1. The number of rotatable bonds is 3. The highest BCUT2D eigenvalue weighted by Gasteiger charge is 2.33. The van der Waals surface area contributed by atoms with Gasteiger partial charge in [0.2, 0.25) is 5.91 Å². The highest BCUT2D eigenvalue weighted by Crippen LogP contribution is 2.25. The van der Waals surface area contributed by atoms with Crippen LogP contribution < -0.4 is 10.6 Å². The van der Waals surface area contributed by atoms with Gasteiger partial charge in [0.1, 0.15) is 17.7 Å². The molecule has 4 rings (SSSR count). The largest absolute Gasteiger partial charge is 0.358 e. The number of nitrogens with zero attached hydrogens (tertiary/aromatic N) is 4. The number of hydrogen-bond acceptors (Lipinski definition) is 6. The number of hydrogen-bond donors (Lipinski definition) is 2. The summed E-state index contributed by atoms with van der Waals surface area (Å²) >= 11 is 0. The molecule has 7 heteroatoms. The third kappa shape index (κ3) is 5.15. The number of carbonyl (C=O) groups excluding carboxylic acids is 1. The number of amides is 1. The second-order valence-corrected chi connectivity index (χ2v) is 10.5. The molecule has 2 aliphatic heterocycles. The van der Waals surface area contributed by atoms with Crippen molar-refractivity contribution in [1.29, 1.82) is 0 Å². The summed E-state index contributed by atoms with van der Waals surface area (Å²) in [5.41, 5.74) is 1.22. The Kier molecular flexibility index (Phi) is 6.17. The van der Waals surface area contributed by atoms with Gasteiger partial charge in [0.05, 0.1) is 18.2 Å². The summed E-state index contributed by atoms with van der Waals surface area (Å²) < 4.78 is 0. The van der Waals surface area contributed by atoms with Crippen molar-refractivity contribution in [2.45, 2.75) is 59.8 Å². The van der Waals surface area contributed by atoms with Crippen LogP contribution in [0.25, 0.3) is 10.9 Å². The van der Waals surface area contributed by atoms with Gasteiger partial charge < -0.3 is 10.6 Å². The van der Waals surface area contributed by atoms with Gasteiger partial charge in [0.25, 0.3) is 0 Å². The first-order valence-electron chi connectivity index (χ1n) is 11.5. The van der Waals surface area contributed by atoms with E-state index in [-0.39, 0.29) is 24.0 Å². The van der Waals surface area contributed by atoms with Crippen molar-refractivity contribution in [1.82, 2.24) is 25.1 Å². The Bertz CT molecular complexity index is 937. The Morgan fingerprint density at radius 1 is 1.13 bits per heavy atom. The maximum Gasteiger partial charge on any atom is 0.244 e. The van der Waals surface area contributed by atoms with E-state index in [2.05, 4.69) is 55.1 Å². The lowest BCUT2D eigenvalue weighted by Gasteiger charge is -2.43. The number of fused-ring (bicyclic) bond motifs is 5. The van der Waals surface area contributed by atoms with Crippen molar-refractivity contribution in [3.8, 4) is 0 Å². The lowest BCUT2D eigenvalue weighted by atomic mass is 9.92. The maximum absolute atomic E-state index is 13.3. The molecule has 0 radical (unpaired) electrons. The lowest BCUT2D eigenvalue weighted by Crippen LogP contribution is -2.62. The van der Waals surface area contributed by atoms with Crippen molar-refractivity contribution >= 4 is 22.6 Å². The SMILES string of the molecule is CC(C)C1Nc2nc(nc3ccccc23)CN2CCN(CCC(C)(C)C)CC2NC1=O. The number of carbonyl (C=O) groups is 1. The van der Waals surface area contributed by atoms with Crippen LogP contribution in [0, 0.1) is 11.3 Å². The number of nitrogens with one attached hydrogen (secondary N) is 2. The average Bonchev–Trinajstić information content (AvgIpc) is 2.70. The zero-order valence-electron chi connectivity index (χ0n) is 19.5. The standard InChI is InChI=1S/C24H36N6O/c1-16(2)21-23(31)27-20-15-29(11-10-24(3,4)5)12-13-30(20)14-19-25-18-9-7-6-8-17(18)22(26-19)28-21/h6-9,16,20-21H,10-15H2,1-5H3,(H,27,31)(H,25,26,28). The molecular formula is C24H36N6O. The topological polar surface area (TPSA) is 73.4 Å². The fraction of sp³-hybridized carbons (Fsp3) is 0.625. The monoisotopic (exact) mass is 424 g/mol. The minimum atomic E-state index is -0.351. The summed E-state index contributed by atoms with van der Waals surface area (Å²) in [5.74, 6) is 1.71. The number of benzene rings is 1. The zero-order chi connectivity index (χ0) is 22.2. The third-order valence-electron chi connectivity index (χ3n) is 6.30. The van der Waals surface area contributed by atoms with Crippen molar-refractivity contribution in [2.75, 3.05) is 31.5 Å². The summed E-state index contributed by atoms with van der Waals surface area (Å²) in [4.78, 5) is 27.8. The summed E-state index contributed by atoms with van der Waals surface area (Å²) in [6.07, 6.45) is 1.10. The van der Waals surface area contributed by atoms with Gasteiger partial charge in [-0.15, -0.1) is 0 Å². The molecule has 1 fully saturated rings. The first kappa shape index (κ1) is 22.0. The normalized spacial score (nSPS) is 23.4. The molecule has 7 nitrogen and oxygen atoms in total. The van der Waals surface area contributed by atoms with Crippen LogP contribution in [0.1, 0.15) is 46.9 Å². The van der Waals surface area contributed by atoms with E-state index in [1.807, 2.05) is 24.3 Å². The Morgan fingerprint density at radius 2 is 1.90 bits per heavy atom. The summed E-state index contributed by atoms with van der Waals surface area (Å²) in [5, 5.41) is 7.72. The summed E-state index contributed by atoms with van der Waals surface area (Å²) in [6, 6.07) is 7.66. The van der Waals surface area contributed by atoms with Gasteiger partial charge in [-0.2, -0.15) is 0 Å². The molecule has 2 aliphatic rings. The van der Waals surface area contributed by atoms with E-state index in [9.17, 15) is 4.79 Å². The van der Waals surface area contributed by atoms with Crippen LogP contribution >= 0.6 is 0 Å². The van der Waals surface area contributed by atoms with E-state index in [1.165, 1.54) is 0 Å². The molecule has 1 aromatic carbocycles. The van der Waals surface area contributed by atoms with Gasteiger partial charge in [-0.25, -0.2) is 9.97 Å². The molecule has 0 aliphatic carbocycles. The highest BCUT2D eigenvalue weighted by atomic mass is 16.2. The highest BCUT2D eigenvalue weighted by molar-refractivity contribution is 5.92. The lowest BCUT2D eigenvalue weighted by molar-refractivity contribution is -0.125. The fourth-order valence-electron chi connectivity index (χ4n) is 4.32. The van der Waals surface area contributed by atoms with E-state index in [4.69, 9.17) is 9.97 Å². The predicted molar refractivity (Wildman–Crippen MR) is 125 cm³/mol. The third-order valence-corrected chi connectivity index (χ3v) is 6.30. The summed E-state index contributed by atoms with van der Waals surface area (Å²) in [7, 11) is 0. The van der Waals surface area contributed by atoms with E-state index >= 15 is 0 Å². The molecule has 1 amide bonds. The molecule has 1 aromatic heterocycles. The quantitative estimate of drug-likeness (QED) is 0.789. The second kappa shape index (κ2) is 8.71. The van der Waals surface area contributed by atoms with Crippen LogP contribution in [0.2, 0.25) is 0 Å². The Labute approximate surface area is 185 Å². The van der Waals surface area contributed by atoms with E-state index < -0.39 is 0 Å². The zero-order valence-corrected chi connectivity index (χ0v) is 19.5. The van der Waals surface area contributed by atoms with Crippen molar-refractivity contribution in [3.63, 3.8) is 0 Å². The molecule has 3 heterocycles. The second-order valence-electron chi connectivity index (χ2n) is 10.5. The molecule has 0 spiro atoms. The molecule has 31 heavy (non-hydrogen) atoms. The van der Waals surface area contributed by atoms with Gasteiger partial charge in [-0.3, -0.25) is 14.6 Å². The molecule has 2 unspecified atom stereocenters. The molecule has 168 valence electrons. The van der Waals surface area contributed by atoms with Crippen molar-refractivity contribution < 1.29 is 4.79 Å². The molecule has 2 atom stereocenters. The van der Waals surface area contributed by atoms with Gasteiger partial charge in [-0.1, -0.05) is 46.8 Å². The molecule has 2 aromatic rings. The van der Waals surface area contributed by atoms with Crippen LogP contribution in [0.4, 0.5) is 5.82 Å². The van der Waals surface area contributed by atoms with E-state index in [0.29, 0.717) is 12.0 Å². The molecule has 1 saturated heterocycles. The van der Waals surface area contributed by atoms with Crippen molar-refractivity contribution in [2.24, 2.45) is 11.3 Å². The van der Waals surface area contributed by atoms with Crippen LogP contribution in [0.3, 0.4) is 0 Å². The number of anilines is 1. The van der Waals surface area contributed by atoms with Crippen LogP contribution in [0.5, 0.6) is 0 Å². The molecule has 0 saturated carbocycles. The van der Waals surface area contributed by atoms with E-state index in [0.717, 1.165) is 55.1 Å². The Morgan fingerprint density at radius 3 is 2.65 bits per heavy atom. The molecule has 2 bridgehead atoms. The number of aromatic nitrogens is 2. The molecular weight excluding hydrogens is 388 g/mol.